The van der Waals surface area contributed by atoms with Crippen LogP contribution < -0.4 is 4.72 Å². The van der Waals surface area contributed by atoms with Crippen LogP contribution in [0.3, 0.4) is 0 Å². The molecule has 0 saturated carbocycles. The summed E-state index contributed by atoms with van der Waals surface area (Å²) in [6, 6.07) is 6.99. The Morgan fingerprint density at radius 2 is 2.21 bits per heavy atom. The molecule has 0 aliphatic heterocycles. The lowest BCUT2D eigenvalue weighted by molar-refractivity contribution is 0.560. The minimum absolute atomic E-state index is 0.294. The quantitative estimate of drug-likeness (QED) is 0.902. The Kier molecular flexibility index (Phi) is 4.38. The van der Waals surface area contributed by atoms with E-state index in [0.29, 0.717) is 18.0 Å². The highest BCUT2D eigenvalue weighted by Gasteiger charge is 2.16. The van der Waals surface area contributed by atoms with E-state index >= 15 is 0 Å². The van der Waals surface area contributed by atoms with Crippen molar-refractivity contribution in [2.45, 2.75) is 18.4 Å². The van der Waals surface area contributed by atoms with E-state index in [2.05, 4.69) is 25.8 Å². The second kappa shape index (κ2) is 5.85. The third-order valence-corrected chi connectivity index (χ3v) is 4.73. The van der Waals surface area contributed by atoms with Crippen molar-refractivity contribution >= 4 is 26.0 Å². The Labute approximate surface area is 120 Å². The van der Waals surface area contributed by atoms with Crippen molar-refractivity contribution in [2.24, 2.45) is 0 Å². The zero-order chi connectivity index (χ0) is 13.9. The van der Waals surface area contributed by atoms with Gasteiger partial charge >= 0.3 is 0 Å². The van der Waals surface area contributed by atoms with Gasteiger partial charge in [0.2, 0.25) is 10.0 Å². The number of aromatic nitrogens is 2. The third-order valence-electron chi connectivity index (χ3n) is 2.63. The minimum atomic E-state index is -3.49. The molecule has 0 radical (unpaired) electrons. The van der Waals surface area contributed by atoms with Crippen molar-refractivity contribution in [1.29, 1.82) is 0 Å². The summed E-state index contributed by atoms with van der Waals surface area (Å²) in [5.74, 6) is 0. The maximum atomic E-state index is 12.2. The van der Waals surface area contributed by atoms with Crippen molar-refractivity contribution in [2.75, 3.05) is 6.54 Å². The largest absolute Gasteiger partial charge is 0.271 e. The van der Waals surface area contributed by atoms with Crippen molar-refractivity contribution in [3.63, 3.8) is 0 Å². The van der Waals surface area contributed by atoms with Crippen molar-refractivity contribution < 1.29 is 8.42 Å². The fourth-order valence-corrected chi connectivity index (χ4v) is 3.47. The molecule has 1 aromatic heterocycles. The van der Waals surface area contributed by atoms with E-state index in [9.17, 15) is 8.42 Å². The maximum Gasteiger partial charge on any atom is 0.240 e. The fourth-order valence-electron chi connectivity index (χ4n) is 1.67. The molecule has 7 heteroatoms. The minimum Gasteiger partial charge on any atom is -0.271 e. The van der Waals surface area contributed by atoms with Crippen LogP contribution in [-0.4, -0.2) is 24.7 Å². The van der Waals surface area contributed by atoms with E-state index in [-0.39, 0.29) is 0 Å². The van der Waals surface area contributed by atoms with Gasteiger partial charge in [-0.2, -0.15) is 5.10 Å². The molecular weight excluding hydrogens is 330 g/mol. The van der Waals surface area contributed by atoms with Gasteiger partial charge in [-0.05, 0) is 30.7 Å². The number of benzene rings is 1. The second-order valence-corrected chi connectivity index (χ2v) is 6.73. The second-order valence-electron chi connectivity index (χ2n) is 4.08. The van der Waals surface area contributed by atoms with E-state index < -0.39 is 10.0 Å². The molecule has 0 aliphatic carbocycles. The molecule has 102 valence electrons. The molecule has 0 amide bonds. The van der Waals surface area contributed by atoms with Crippen molar-refractivity contribution in [1.82, 2.24) is 14.5 Å². The van der Waals surface area contributed by atoms with E-state index in [1.165, 1.54) is 0 Å². The zero-order valence-electron chi connectivity index (χ0n) is 10.4. The normalized spacial score (nSPS) is 11.7. The van der Waals surface area contributed by atoms with E-state index in [0.717, 1.165) is 10.0 Å². The molecule has 2 aromatic rings. The third kappa shape index (κ3) is 3.65. The number of halogens is 1. The van der Waals surface area contributed by atoms with Crippen LogP contribution in [0.15, 0.2) is 46.0 Å². The van der Waals surface area contributed by atoms with Crippen LogP contribution in [0.2, 0.25) is 0 Å². The molecule has 2 rings (SSSR count). The molecule has 0 fully saturated rings. The molecule has 1 N–H and O–H groups in total. The molecule has 1 heterocycles. The Morgan fingerprint density at radius 3 is 2.89 bits per heavy atom. The highest BCUT2D eigenvalue weighted by atomic mass is 79.9. The lowest BCUT2D eigenvalue weighted by Gasteiger charge is -2.09. The number of nitrogens with zero attached hydrogens (tertiary/aromatic N) is 2. The fraction of sp³-hybridized carbons (Fsp3) is 0.250. The summed E-state index contributed by atoms with van der Waals surface area (Å²) in [7, 11) is -3.49. The molecule has 0 unspecified atom stereocenters. The topological polar surface area (TPSA) is 64.0 Å². The lowest BCUT2D eigenvalue weighted by atomic mass is 10.2. The molecule has 0 aliphatic rings. The number of hydrogen-bond donors (Lipinski definition) is 1. The summed E-state index contributed by atoms with van der Waals surface area (Å²) in [5.41, 5.74) is 0.717. The van der Waals surface area contributed by atoms with Crippen molar-refractivity contribution in [3.05, 3.63) is 46.7 Å². The summed E-state index contributed by atoms with van der Waals surface area (Å²) < 4.78 is 29.3. The van der Waals surface area contributed by atoms with Gasteiger partial charge in [-0.25, -0.2) is 13.1 Å². The van der Waals surface area contributed by atoms with Crippen LogP contribution in [-0.2, 0) is 16.6 Å². The van der Waals surface area contributed by atoms with Gasteiger partial charge in [0.05, 0.1) is 11.4 Å². The molecule has 0 bridgehead atoms. The van der Waals surface area contributed by atoms with Gasteiger partial charge in [0, 0.05) is 23.4 Å². The van der Waals surface area contributed by atoms with Crippen LogP contribution >= 0.6 is 15.9 Å². The molecule has 5 nitrogen and oxygen atoms in total. The monoisotopic (exact) mass is 343 g/mol. The van der Waals surface area contributed by atoms with E-state index in [1.807, 2.05) is 6.07 Å². The SMILES string of the molecule is Cc1ccc(Br)cc1S(=O)(=O)NCCn1cccn1. The highest BCUT2D eigenvalue weighted by Crippen LogP contribution is 2.20. The number of aryl methyl sites for hydroxylation is 1. The molecule has 0 spiro atoms. The molecular formula is C12H14BrN3O2S. The van der Waals surface area contributed by atoms with Crippen LogP contribution in [0.4, 0.5) is 0 Å². The average molecular weight is 344 g/mol. The Balaban J connectivity index is 2.07. The van der Waals surface area contributed by atoms with Gasteiger partial charge in [-0.1, -0.05) is 22.0 Å². The Morgan fingerprint density at radius 1 is 1.42 bits per heavy atom. The molecule has 0 atom stereocenters. The molecule has 0 saturated heterocycles. The zero-order valence-corrected chi connectivity index (χ0v) is 12.8. The first kappa shape index (κ1) is 14.2. The summed E-state index contributed by atoms with van der Waals surface area (Å²) in [6.07, 6.45) is 3.45. The van der Waals surface area contributed by atoms with Gasteiger partial charge in [-0.15, -0.1) is 0 Å². The molecule has 19 heavy (non-hydrogen) atoms. The lowest BCUT2D eigenvalue weighted by Crippen LogP contribution is -2.28. The van der Waals surface area contributed by atoms with Gasteiger partial charge in [-0.3, -0.25) is 4.68 Å². The molecule has 1 aromatic carbocycles. The summed E-state index contributed by atoms with van der Waals surface area (Å²) in [6.45, 7) is 2.57. The summed E-state index contributed by atoms with van der Waals surface area (Å²) >= 11 is 3.28. The van der Waals surface area contributed by atoms with Crippen LogP contribution in [0.5, 0.6) is 0 Å². The van der Waals surface area contributed by atoms with Crippen LogP contribution in [0, 0.1) is 6.92 Å². The number of nitrogens with one attached hydrogen (secondary N) is 1. The number of rotatable bonds is 5. The van der Waals surface area contributed by atoms with Crippen LogP contribution in [0.25, 0.3) is 0 Å². The summed E-state index contributed by atoms with van der Waals surface area (Å²) in [4.78, 5) is 0.294. The summed E-state index contributed by atoms with van der Waals surface area (Å²) in [5, 5.41) is 4.01. The predicted molar refractivity (Wildman–Crippen MR) is 76.3 cm³/mol. The standard InChI is InChI=1S/C12H14BrN3O2S/c1-10-3-4-11(13)9-12(10)19(17,18)15-6-8-16-7-2-5-14-16/h2-5,7,9,15H,6,8H2,1H3. The smallest absolute Gasteiger partial charge is 0.240 e. The maximum absolute atomic E-state index is 12.2. The van der Waals surface area contributed by atoms with E-state index in [1.54, 1.807) is 42.2 Å². The van der Waals surface area contributed by atoms with Gasteiger partial charge < -0.3 is 0 Å². The Bertz CT molecular complexity index is 654. The van der Waals surface area contributed by atoms with Gasteiger partial charge in [0.15, 0.2) is 0 Å². The first-order valence-corrected chi connectivity index (χ1v) is 8.00. The number of sulfonamides is 1. The Hall–Kier alpha value is -1.18. The first-order chi connectivity index (χ1) is 8.99. The first-order valence-electron chi connectivity index (χ1n) is 5.72. The average Bonchev–Trinajstić information content (AvgIpc) is 2.85. The highest BCUT2D eigenvalue weighted by molar-refractivity contribution is 9.10. The van der Waals surface area contributed by atoms with E-state index in [4.69, 9.17) is 0 Å². The van der Waals surface area contributed by atoms with Crippen LogP contribution in [0.1, 0.15) is 5.56 Å². The predicted octanol–water partition coefficient (Wildman–Crippen LogP) is 1.93. The van der Waals surface area contributed by atoms with Gasteiger partial charge in [0.25, 0.3) is 0 Å². The van der Waals surface area contributed by atoms with Gasteiger partial charge in [0.1, 0.15) is 0 Å². The number of hydrogen-bond acceptors (Lipinski definition) is 3. The van der Waals surface area contributed by atoms with Crippen molar-refractivity contribution in [3.8, 4) is 0 Å².